The van der Waals surface area contributed by atoms with Crippen LogP contribution in [0.3, 0.4) is 0 Å². The summed E-state index contributed by atoms with van der Waals surface area (Å²) in [5.41, 5.74) is 4.31. The Bertz CT molecular complexity index is 1170. The average Bonchev–Trinajstić information content (AvgIpc) is 3.17. The lowest BCUT2D eigenvalue weighted by Gasteiger charge is -2.17. The molecule has 5 nitrogen and oxygen atoms in total. The Morgan fingerprint density at radius 2 is 1.64 bits per heavy atom. The van der Waals surface area contributed by atoms with Crippen LogP contribution >= 0.6 is 39.5 Å². The monoisotopic (exact) mass is 590 g/mol. The zero-order valence-electron chi connectivity index (χ0n) is 21.5. The Balaban J connectivity index is 2.08. The van der Waals surface area contributed by atoms with Crippen molar-refractivity contribution >= 4 is 62.0 Å². The molecule has 1 aromatic heterocycles. The van der Waals surface area contributed by atoms with Gasteiger partial charge in [-0.25, -0.2) is 4.79 Å². The molecule has 0 atom stereocenters. The second-order valence-electron chi connectivity index (χ2n) is 8.36. The molecule has 0 bridgehead atoms. The first-order valence-electron chi connectivity index (χ1n) is 12.3. The molecule has 0 N–H and O–H groups in total. The molecule has 0 spiro atoms. The molecule has 0 unspecified atom stereocenters. The van der Waals surface area contributed by atoms with Gasteiger partial charge >= 0.3 is 5.97 Å². The molecule has 0 amide bonds. The maximum atomic E-state index is 12.5. The van der Waals surface area contributed by atoms with Crippen molar-refractivity contribution in [3.63, 3.8) is 0 Å². The summed E-state index contributed by atoms with van der Waals surface area (Å²) >= 11 is 8.08. The van der Waals surface area contributed by atoms with Gasteiger partial charge in [0.2, 0.25) is 0 Å². The van der Waals surface area contributed by atoms with E-state index in [1.54, 1.807) is 0 Å². The molecular weight excluding hydrogens is 556 g/mol. The van der Waals surface area contributed by atoms with Gasteiger partial charge in [-0.2, -0.15) is 0 Å². The fraction of sp³-hybridized carbons (Fsp3) is 0.429. The van der Waals surface area contributed by atoms with Crippen molar-refractivity contribution < 1.29 is 14.4 Å². The molecule has 0 fully saturated rings. The highest BCUT2D eigenvalue weighted by atomic mass is 79.9. The van der Waals surface area contributed by atoms with Crippen LogP contribution < -0.4 is 0 Å². The second-order valence-corrected chi connectivity index (χ2v) is 11.8. The Morgan fingerprint density at radius 1 is 1.00 bits per heavy atom. The number of carbonyl (C=O) groups is 1. The van der Waals surface area contributed by atoms with Crippen LogP contribution in [-0.2, 0) is 20.9 Å². The molecule has 0 saturated carbocycles. The summed E-state index contributed by atoms with van der Waals surface area (Å²) in [6, 6.07) is 16.4. The first-order chi connectivity index (χ1) is 17.6. The third kappa shape index (κ3) is 6.90. The number of carbonyl (C=O) groups excluding carboxylic acids is 1. The first-order valence-corrected chi connectivity index (χ1v) is 15.2. The zero-order chi connectivity index (χ0) is 25.9. The number of rotatable bonds is 14. The summed E-state index contributed by atoms with van der Waals surface area (Å²) in [5.74, 6) is 1.76. The fourth-order valence-corrected chi connectivity index (χ4v) is 8.18. The van der Waals surface area contributed by atoms with Crippen molar-refractivity contribution in [1.29, 1.82) is 0 Å². The van der Waals surface area contributed by atoms with Crippen LogP contribution in [0.4, 0.5) is 0 Å². The van der Waals surface area contributed by atoms with Crippen molar-refractivity contribution in [2.75, 3.05) is 25.7 Å². The number of aromatic nitrogens is 1. The van der Waals surface area contributed by atoms with Crippen LogP contribution in [0.5, 0.6) is 0 Å². The molecule has 8 heteroatoms. The lowest BCUT2D eigenvalue weighted by molar-refractivity contribution is -0.132. The number of ether oxygens (including phenoxy) is 1. The molecule has 194 valence electrons. The van der Waals surface area contributed by atoms with E-state index in [1.165, 1.54) is 50.9 Å². The minimum Gasteiger partial charge on any atom is -0.464 e. The highest BCUT2D eigenvalue weighted by molar-refractivity contribution is 9.10. The number of halogens is 1. The Morgan fingerprint density at radius 3 is 2.28 bits per heavy atom. The second kappa shape index (κ2) is 14.7. The van der Waals surface area contributed by atoms with E-state index in [2.05, 4.69) is 63.8 Å². The van der Waals surface area contributed by atoms with Gasteiger partial charge in [-0.05, 0) is 51.9 Å². The molecule has 2 aromatic carbocycles. The number of para-hydroxylation sites is 1. The van der Waals surface area contributed by atoms with Crippen molar-refractivity contribution in [3.05, 3.63) is 69.8 Å². The molecule has 3 aromatic rings. The van der Waals surface area contributed by atoms with Crippen LogP contribution in [0, 0.1) is 0 Å². The number of methoxy groups -OCH3 is 1. The minimum absolute atomic E-state index is 0.159. The van der Waals surface area contributed by atoms with Gasteiger partial charge in [0.15, 0.2) is 5.71 Å². The molecule has 0 saturated heterocycles. The highest BCUT2D eigenvalue weighted by Crippen LogP contribution is 2.47. The predicted octanol–water partition coefficient (Wildman–Crippen LogP) is 8.04. The number of hydrogen-bond acceptors (Lipinski definition) is 6. The van der Waals surface area contributed by atoms with Crippen LogP contribution in [0.25, 0.3) is 10.9 Å². The van der Waals surface area contributed by atoms with E-state index in [9.17, 15) is 4.79 Å². The number of hydrogen-bond donors (Lipinski definition) is 0. The fourth-order valence-electron chi connectivity index (χ4n) is 4.01. The number of fused-ring (bicyclic) bond motifs is 1. The largest absolute Gasteiger partial charge is 0.464 e. The smallest absolute Gasteiger partial charge is 0.360 e. The lowest BCUT2D eigenvalue weighted by atomic mass is 10.0. The molecule has 0 aliphatic carbocycles. The van der Waals surface area contributed by atoms with Crippen LogP contribution in [-0.4, -0.2) is 42.0 Å². The molecular formula is C28H35BrN2O3S2. The summed E-state index contributed by atoms with van der Waals surface area (Å²) in [4.78, 5) is 17.5. The standard InChI is InChI=1S/C28H35BrN2O3S2/c1-5-7-17-35-28(36-18-8-6-2)24-22-15-11-12-16-23(22)31(26(24)29)19-20-13-9-10-14-21(20)25(30-34-4)27(32)33-3/h9-16,28H,5-8,17-19H2,1-4H3/b30-25+. The van der Waals surface area contributed by atoms with Gasteiger partial charge in [0.25, 0.3) is 0 Å². The maximum Gasteiger partial charge on any atom is 0.360 e. The summed E-state index contributed by atoms with van der Waals surface area (Å²) in [6.45, 7) is 5.06. The van der Waals surface area contributed by atoms with Gasteiger partial charge in [-0.1, -0.05) is 74.3 Å². The summed E-state index contributed by atoms with van der Waals surface area (Å²) in [5, 5.41) is 5.25. The summed E-state index contributed by atoms with van der Waals surface area (Å²) in [6.07, 6.45) is 4.83. The normalized spacial score (nSPS) is 11.9. The van der Waals surface area contributed by atoms with Crippen molar-refractivity contribution in [3.8, 4) is 0 Å². The van der Waals surface area contributed by atoms with Crippen LogP contribution in [0.15, 0.2) is 58.3 Å². The van der Waals surface area contributed by atoms with Gasteiger partial charge in [0.05, 0.1) is 16.3 Å². The number of nitrogens with zero attached hydrogens (tertiary/aromatic N) is 2. The average molecular weight is 592 g/mol. The molecule has 0 aliphatic heterocycles. The van der Waals surface area contributed by atoms with E-state index in [0.717, 1.165) is 27.2 Å². The quantitative estimate of drug-likeness (QED) is 0.0625. The van der Waals surface area contributed by atoms with Gasteiger partial charge in [0, 0.05) is 28.6 Å². The van der Waals surface area contributed by atoms with E-state index >= 15 is 0 Å². The van der Waals surface area contributed by atoms with E-state index < -0.39 is 5.97 Å². The van der Waals surface area contributed by atoms with Gasteiger partial charge < -0.3 is 14.1 Å². The van der Waals surface area contributed by atoms with E-state index in [4.69, 9.17) is 9.57 Å². The third-order valence-corrected chi connectivity index (χ3v) is 9.67. The highest BCUT2D eigenvalue weighted by Gasteiger charge is 2.25. The van der Waals surface area contributed by atoms with Crippen LogP contribution in [0.1, 0.15) is 60.8 Å². The molecule has 0 aliphatic rings. The molecule has 3 rings (SSSR count). The van der Waals surface area contributed by atoms with Crippen molar-refractivity contribution in [1.82, 2.24) is 4.57 Å². The Hall–Kier alpha value is -1.90. The maximum absolute atomic E-state index is 12.5. The molecule has 0 radical (unpaired) electrons. The Kier molecular flexibility index (Phi) is 11.7. The van der Waals surface area contributed by atoms with Gasteiger partial charge in [-0.3, -0.25) is 0 Å². The van der Waals surface area contributed by atoms with E-state index in [-0.39, 0.29) is 5.71 Å². The SMILES string of the molecule is CCCCSC(SCCCC)c1c(Br)n(Cc2ccccc2/C(=N\OC)C(=O)OC)c2ccccc12. The lowest BCUT2D eigenvalue weighted by Crippen LogP contribution is -2.20. The van der Waals surface area contributed by atoms with Crippen LogP contribution in [0.2, 0.25) is 0 Å². The third-order valence-electron chi connectivity index (χ3n) is 5.88. The topological polar surface area (TPSA) is 52.8 Å². The Labute approximate surface area is 231 Å². The number of esters is 1. The number of unbranched alkanes of at least 4 members (excludes halogenated alkanes) is 2. The van der Waals surface area contributed by atoms with Crippen molar-refractivity contribution in [2.24, 2.45) is 5.16 Å². The summed E-state index contributed by atoms with van der Waals surface area (Å²) in [7, 11) is 2.78. The van der Waals surface area contributed by atoms with E-state index in [1.807, 2.05) is 47.8 Å². The summed E-state index contributed by atoms with van der Waals surface area (Å²) < 4.78 is 8.70. The number of oxime groups is 1. The zero-order valence-corrected chi connectivity index (χ0v) is 24.7. The van der Waals surface area contributed by atoms with Gasteiger partial charge in [-0.15, -0.1) is 23.5 Å². The van der Waals surface area contributed by atoms with Gasteiger partial charge in [0.1, 0.15) is 7.11 Å². The molecule has 1 heterocycles. The van der Waals surface area contributed by atoms with Crippen molar-refractivity contribution in [2.45, 2.75) is 50.7 Å². The van der Waals surface area contributed by atoms with E-state index in [0.29, 0.717) is 16.7 Å². The number of thioether (sulfide) groups is 2. The first kappa shape index (κ1) is 28.7. The minimum atomic E-state index is -0.527. The number of benzene rings is 2. The molecule has 36 heavy (non-hydrogen) atoms. The predicted molar refractivity (Wildman–Crippen MR) is 158 cm³/mol.